The minimum atomic E-state index is -0.320. The molecular weight excluding hydrogens is 412 g/mol. The average Bonchev–Trinajstić information content (AvgIpc) is 2.43. The highest BCUT2D eigenvalue weighted by Gasteiger charge is 2.15. The zero-order valence-corrected chi connectivity index (χ0v) is 13.8. The first-order valence-electron chi connectivity index (χ1n) is 5.67. The number of aliphatic hydroxyl groups is 1. The second kappa shape index (κ2) is 6.76. The number of carbonyl (C=O) groups is 1. The maximum absolute atomic E-state index is 12.3. The Labute approximate surface area is 140 Å². The molecule has 104 valence electrons. The first-order valence-corrected chi connectivity index (χ1v) is 7.51. The van der Waals surface area contributed by atoms with Crippen LogP contribution in [0.25, 0.3) is 0 Å². The zero-order valence-electron chi connectivity index (χ0n) is 10.2. The van der Waals surface area contributed by atoms with Crippen molar-refractivity contribution in [2.75, 3.05) is 5.32 Å². The molecule has 3 nitrogen and oxygen atoms in total. The number of hydrogen-bond donors (Lipinski definition) is 2. The molecule has 0 saturated heterocycles. The van der Waals surface area contributed by atoms with Crippen molar-refractivity contribution in [3.05, 3.63) is 61.1 Å². The average molecular weight is 422 g/mol. The maximum Gasteiger partial charge on any atom is 0.256 e. The molecule has 0 spiro atoms. The van der Waals surface area contributed by atoms with E-state index in [4.69, 9.17) is 23.2 Å². The van der Waals surface area contributed by atoms with E-state index in [1.165, 1.54) is 0 Å². The topological polar surface area (TPSA) is 49.3 Å². The highest BCUT2D eigenvalue weighted by molar-refractivity contribution is 14.1. The number of nitrogens with one attached hydrogen (secondary N) is 1. The van der Waals surface area contributed by atoms with Crippen LogP contribution in [-0.2, 0) is 6.61 Å². The van der Waals surface area contributed by atoms with Crippen molar-refractivity contribution in [3.8, 4) is 0 Å². The summed E-state index contributed by atoms with van der Waals surface area (Å²) in [4.78, 5) is 12.3. The van der Waals surface area contributed by atoms with Crippen LogP contribution in [0.5, 0.6) is 0 Å². The van der Waals surface area contributed by atoms with Gasteiger partial charge in [-0.2, -0.15) is 0 Å². The third-order valence-corrected chi connectivity index (χ3v) is 4.67. The molecule has 1 amide bonds. The lowest BCUT2D eigenvalue weighted by molar-refractivity contribution is 0.102. The van der Waals surface area contributed by atoms with E-state index in [1.54, 1.807) is 36.4 Å². The normalized spacial score (nSPS) is 10.4. The van der Waals surface area contributed by atoms with E-state index in [0.717, 1.165) is 0 Å². The molecule has 0 radical (unpaired) electrons. The number of anilines is 1. The largest absolute Gasteiger partial charge is 0.392 e. The summed E-state index contributed by atoms with van der Waals surface area (Å²) in [6, 6.07) is 10.2. The fraction of sp³-hybridized carbons (Fsp3) is 0.0714. The van der Waals surface area contributed by atoms with Gasteiger partial charge in [0.1, 0.15) is 0 Å². The van der Waals surface area contributed by atoms with Crippen molar-refractivity contribution < 1.29 is 9.90 Å². The summed E-state index contributed by atoms with van der Waals surface area (Å²) in [5.74, 6) is -0.320. The number of para-hydroxylation sites is 1. The summed E-state index contributed by atoms with van der Waals surface area (Å²) in [6.45, 7) is -0.149. The molecule has 0 bridgehead atoms. The molecule has 0 fully saturated rings. The van der Waals surface area contributed by atoms with Gasteiger partial charge in [0.15, 0.2) is 0 Å². The summed E-state index contributed by atoms with van der Waals surface area (Å²) in [5, 5.41) is 12.8. The van der Waals surface area contributed by atoms with Crippen molar-refractivity contribution in [1.29, 1.82) is 0 Å². The molecule has 6 heteroatoms. The molecular formula is C14H10Cl2INO2. The SMILES string of the molecule is O=C(Nc1ccccc1CO)c1cc(Cl)cc(Cl)c1I. The van der Waals surface area contributed by atoms with Gasteiger partial charge in [-0.05, 0) is 40.8 Å². The number of carbonyl (C=O) groups excluding carboxylic acids is 1. The van der Waals surface area contributed by atoms with Crippen LogP contribution in [0.1, 0.15) is 15.9 Å². The maximum atomic E-state index is 12.3. The monoisotopic (exact) mass is 421 g/mol. The smallest absolute Gasteiger partial charge is 0.256 e. The summed E-state index contributed by atoms with van der Waals surface area (Å²) in [7, 11) is 0. The minimum absolute atomic E-state index is 0.149. The van der Waals surface area contributed by atoms with Crippen LogP contribution in [0.4, 0.5) is 5.69 Å². The lowest BCUT2D eigenvalue weighted by atomic mass is 10.1. The van der Waals surface area contributed by atoms with Crippen molar-refractivity contribution in [2.45, 2.75) is 6.61 Å². The third kappa shape index (κ3) is 3.44. The van der Waals surface area contributed by atoms with E-state index in [9.17, 15) is 9.90 Å². The van der Waals surface area contributed by atoms with Gasteiger partial charge in [-0.15, -0.1) is 0 Å². The summed E-state index contributed by atoms with van der Waals surface area (Å²) >= 11 is 13.9. The van der Waals surface area contributed by atoms with E-state index in [-0.39, 0.29) is 12.5 Å². The van der Waals surface area contributed by atoms with E-state index < -0.39 is 0 Å². The molecule has 0 atom stereocenters. The molecule has 20 heavy (non-hydrogen) atoms. The molecule has 0 aliphatic carbocycles. The highest BCUT2D eigenvalue weighted by Crippen LogP contribution is 2.27. The predicted octanol–water partition coefficient (Wildman–Crippen LogP) is 4.34. The third-order valence-electron chi connectivity index (χ3n) is 2.67. The van der Waals surface area contributed by atoms with Gasteiger partial charge in [0, 0.05) is 19.8 Å². The Bertz CT molecular complexity index is 662. The molecule has 2 rings (SSSR count). The van der Waals surface area contributed by atoms with Crippen molar-refractivity contribution in [3.63, 3.8) is 0 Å². The van der Waals surface area contributed by atoms with E-state index >= 15 is 0 Å². The summed E-state index contributed by atoms with van der Waals surface area (Å²) in [5.41, 5.74) is 1.60. The van der Waals surface area contributed by atoms with E-state index in [1.807, 2.05) is 22.6 Å². The highest BCUT2D eigenvalue weighted by atomic mass is 127. The van der Waals surface area contributed by atoms with Crippen LogP contribution in [0.15, 0.2) is 36.4 Å². The Morgan fingerprint density at radius 2 is 1.95 bits per heavy atom. The van der Waals surface area contributed by atoms with Gasteiger partial charge in [-0.25, -0.2) is 0 Å². The molecule has 0 aliphatic heterocycles. The summed E-state index contributed by atoms with van der Waals surface area (Å²) < 4.78 is 0.632. The van der Waals surface area contributed by atoms with Gasteiger partial charge in [0.25, 0.3) is 5.91 Å². The fourth-order valence-electron chi connectivity index (χ4n) is 1.69. The number of aliphatic hydroxyl groups excluding tert-OH is 1. The number of halogens is 3. The van der Waals surface area contributed by atoms with Crippen LogP contribution in [0.3, 0.4) is 0 Å². The Hall–Kier alpha value is -0.820. The molecule has 0 aliphatic rings. The minimum Gasteiger partial charge on any atom is -0.392 e. The van der Waals surface area contributed by atoms with Crippen LogP contribution in [0.2, 0.25) is 10.0 Å². The molecule has 2 N–H and O–H groups in total. The quantitative estimate of drug-likeness (QED) is 0.572. The second-order valence-electron chi connectivity index (χ2n) is 4.02. The molecule has 2 aromatic carbocycles. The Kier molecular flexibility index (Phi) is 5.26. The number of amides is 1. The Balaban J connectivity index is 2.33. The van der Waals surface area contributed by atoms with E-state index in [2.05, 4.69) is 5.32 Å². The van der Waals surface area contributed by atoms with Gasteiger partial charge in [0.2, 0.25) is 0 Å². The second-order valence-corrected chi connectivity index (χ2v) is 5.94. The number of rotatable bonds is 3. The zero-order chi connectivity index (χ0) is 14.7. The lowest BCUT2D eigenvalue weighted by Gasteiger charge is -2.11. The van der Waals surface area contributed by atoms with Gasteiger partial charge in [0.05, 0.1) is 17.2 Å². The van der Waals surface area contributed by atoms with Crippen molar-refractivity contribution >= 4 is 57.4 Å². The van der Waals surface area contributed by atoms with Crippen molar-refractivity contribution in [1.82, 2.24) is 0 Å². The first kappa shape index (κ1) is 15.6. The van der Waals surface area contributed by atoms with Gasteiger partial charge < -0.3 is 10.4 Å². The molecule has 0 unspecified atom stereocenters. The lowest BCUT2D eigenvalue weighted by Crippen LogP contribution is -2.15. The van der Waals surface area contributed by atoms with Gasteiger partial charge in [-0.1, -0.05) is 41.4 Å². The van der Waals surface area contributed by atoms with Crippen LogP contribution >= 0.6 is 45.8 Å². The Morgan fingerprint density at radius 3 is 2.65 bits per heavy atom. The molecule has 0 aromatic heterocycles. The molecule has 0 saturated carbocycles. The van der Waals surface area contributed by atoms with Crippen molar-refractivity contribution in [2.24, 2.45) is 0 Å². The number of benzene rings is 2. The number of hydrogen-bond acceptors (Lipinski definition) is 2. The van der Waals surface area contributed by atoms with Gasteiger partial charge >= 0.3 is 0 Å². The summed E-state index contributed by atoms with van der Waals surface area (Å²) in [6.07, 6.45) is 0. The first-order chi connectivity index (χ1) is 9.52. The van der Waals surface area contributed by atoms with E-state index in [0.29, 0.717) is 30.4 Å². The fourth-order valence-corrected chi connectivity index (χ4v) is 2.74. The standard InChI is InChI=1S/C14H10Cl2INO2/c15-9-5-10(13(17)11(16)6-9)14(20)18-12-4-2-1-3-8(12)7-19/h1-6,19H,7H2,(H,18,20). The predicted molar refractivity (Wildman–Crippen MR) is 89.5 cm³/mol. The van der Waals surface area contributed by atoms with Crippen LogP contribution < -0.4 is 5.32 Å². The van der Waals surface area contributed by atoms with Gasteiger partial charge in [-0.3, -0.25) is 4.79 Å². The van der Waals surface area contributed by atoms with Crippen LogP contribution in [0, 0.1) is 3.57 Å². The molecule has 0 heterocycles. The van der Waals surface area contributed by atoms with Crippen LogP contribution in [-0.4, -0.2) is 11.0 Å². The Morgan fingerprint density at radius 1 is 1.25 bits per heavy atom. The molecule has 2 aromatic rings.